The molecule has 35 heavy (non-hydrogen) atoms. The summed E-state index contributed by atoms with van der Waals surface area (Å²) in [6.07, 6.45) is 0. The number of para-hydroxylation sites is 1. The first-order chi connectivity index (χ1) is 16.9. The van der Waals surface area contributed by atoms with E-state index in [1.165, 1.54) is 6.07 Å². The number of imide groups is 1. The molecule has 0 radical (unpaired) electrons. The standard InChI is InChI=1S/C27H24N2O6/c1-3-34-23-13-12-18(15-29-25(31)19-9-5-6-10-20(19)26(29)32)14-21(23)27(33)35-16-24(30)28-22-11-7-4-8-17(22)2/h4-14H,3,15-16H2,1-2H3,(H,28,30). The number of carbonyl (C=O) groups excluding carboxylic acids is 4. The lowest BCUT2D eigenvalue weighted by Gasteiger charge is -2.16. The van der Waals surface area contributed by atoms with Crippen molar-refractivity contribution in [2.45, 2.75) is 20.4 Å². The molecular weight excluding hydrogens is 448 g/mol. The van der Waals surface area contributed by atoms with E-state index in [0.717, 1.165) is 10.5 Å². The average molecular weight is 472 g/mol. The molecule has 0 spiro atoms. The van der Waals surface area contributed by atoms with Crippen LogP contribution in [0.1, 0.15) is 49.1 Å². The fraction of sp³-hybridized carbons (Fsp3) is 0.185. The Kier molecular flexibility index (Phi) is 6.91. The van der Waals surface area contributed by atoms with Gasteiger partial charge in [0.25, 0.3) is 17.7 Å². The third-order valence-corrected chi connectivity index (χ3v) is 5.54. The predicted octanol–water partition coefficient (Wildman–Crippen LogP) is 3.99. The minimum absolute atomic E-state index is 0.0210. The van der Waals surface area contributed by atoms with Gasteiger partial charge in [-0.1, -0.05) is 36.4 Å². The lowest BCUT2D eigenvalue weighted by molar-refractivity contribution is -0.119. The minimum atomic E-state index is -0.752. The Bertz CT molecular complexity index is 1280. The third kappa shape index (κ3) is 5.06. The van der Waals surface area contributed by atoms with Gasteiger partial charge in [-0.25, -0.2) is 4.79 Å². The van der Waals surface area contributed by atoms with E-state index in [9.17, 15) is 19.2 Å². The normalized spacial score (nSPS) is 12.3. The van der Waals surface area contributed by atoms with Crippen LogP contribution in [0.15, 0.2) is 66.7 Å². The summed E-state index contributed by atoms with van der Waals surface area (Å²) in [7, 11) is 0. The molecule has 1 aliphatic rings. The zero-order chi connectivity index (χ0) is 24.9. The Labute approximate surface area is 202 Å². The van der Waals surface area contributed by atoms with Crippen LogP contribution in [0.5, 0.6) is 5.75 Å². The van der Waals surface area contributed by atoms with Crippen molar-refractivity contribution < 1.29 is 28.7 Å². The molecule has 0 bridgehead atoms. The van der Waals surface area contributed by atoms with Gasteiger partial charge in [0.1, 0.15) is 11.3 Å². The maximum atomic E-state index is 12.8. The fourth-order valence-corrected chi connectivity index (χ4v) is 3.79. The monoisotopic (exact) mass is 472 g/mol. The maximum Gasteiger partial charge on any atom is 0.342 e. The second-order valence-corrected chi connectivity index (χ2v) is 7.94. The van der Waals surface area contributed by atoms with Crippen molar-refractivity contribution in [3.8, 4) is 5.75 Å². The summed E-state index contributed by atoms with van der Waals surface area (Å²) in [5.74, 6) is -1.73. The highest BCUT2D eigenvalue weighted by Crippen LogP contribution is 2.27. The number of esters is 1. The maximum absolute atomic E-state index is 12.8. The highest BCUT2D eigenvalue weighted by molar-refractivity contribution is 6.21. The lowest BCUT2D eigenvalue weighted by Crippen LogP contribution is -2.29. The molecule has 1 heterocycles. The van der Waals surface area contributed by atoms with Crippen molar-refractivity contribution in [2.75, 3.05) is 18.5 Å². The highest BCUT2D eigenvalue weighted by atomic mass is 16.5. The van der Waals surface area contributed by atoms with Crippen molar-refractivity contribution in [1.82, 2.24) is 4.90 Å². The molecule has 0 saturated heterocycles. The van der Waals surface area contributed by atoms with Gasteiger partial charge in [-0.05, 0) is 55.3 Å². The molecule has 3 aromatic rings. The molecule has 0 saturated carbocycles. The van der Waals surface area contributed by atoms with Crippen LogP contribution in [0.25, 0.3) is 0 Å². The molecule has 0 aliphatic carbocycles. The fourth-order valence-electron chi connectivity index (χ4n) is 3.79. The van der Waals surface area contributed by atoms with Gasteiger partial charge >= 0.3 is 5.97 Å². The largest absolute Gasteiger partial charge is 0.493 e. The van der Waals surface area contributed by atoms with Gasteiger partial charge in [-0.15, -0.1) is 0 Å². The Morgan fingerprint density at radius 3 is 2.23 bits per heavy atom. The third-order valence-electron chi connectivity index (χ3n) is 5.54. The molecule has 3 amide bonds. The van der Waals surface area contributed by atoms with E-state index in [-0.39, 0.29) is 17.9 Å². The van der Waals surface area contributed by atoms with E-state index in [1.807, 2.05) is 19.1 Å². The van der Waals surface area contributed by atoms with E-state index in [2.05, 4.69) is 5.32 Å². The highest BCUT2D eigenvalue weighted by Gasteiger charge is 2.35. The molecule has 8 nitrogen and oxygen atoms in total. The Morgan fingerprint density at radius 2 is 1.57 bits per heavy atom. The zero-order valence-corrected chi connectivity index (χ0v) is 19.4. The Hall–Kier alpha value is -4.46. The molecule has 3 aromatic carbocycles. The number of ether oxygens (including phenoxy) is 2. The number of hydrogen-bond acceptors (Lipinski definition) is 6. The summed E-state index contributed by atoms with van der Waals surface area (Å²) in [6, 6.07) is 18.7. The van der Waals surface area contributed by atoms with E-state index < -0.39 is 30.3 Å². The summed E-state index contributed by atoms with van der Waals surface area (Å²) in [4.78, 5) is 51.6. The molecule has 8 heteroatoms. The van der Waals surface area contributed by atoms with Gasteiger partial charge in [0, 0.05) is 5.69 Å². The Balaban J connectivity index is 1.47. The number of anilines is 1. The van der Waals surface area contributed by atoms with E-state index in [4.69, 9.17) is 9.47 Å². The number of carbonyl (C=O) groups is 4. The van der Waals surface area contributed by atoms with Crippen molar-refractivity contribution >= 4 is 29.4 Å². The first-order valence-electron chi connectivity index (χ1n) is 11.1. The number of amides is 3. The van der Waals surface area contributed by atoms with E-state index in [1.54, 1.807) is 55.5 Å². The van der Waals surface area contributed by atoms with Crippen molar-refractivity contribution in [3.05, 3.63) is 94.5 Å². The van der Waals surface area contributed by atoms with Crippen LogP contribution in [0.2, 0.25) is 0 Å². The van der Waals surface area contributed by atoms with Crippen LogP contribution in [0, 0.1) is 6.92 Å². The van der Waals surface area contributed by atoms with Crippen LogP contribution in [0.4, 0.5) is 5.69 Å². The summed E-state index contributed by atoms with van der Waals surface area (Å²) >= 11 is 0. The quantitative estimate of drug-likeness (QED) is 0.393. The van der Waals surface area contributed by atoms with Crippen LogP contribution >= 0.6 is 0 Å². The number of nitrogens with one attached hydrogen (secondary N) is 1. The Morgan fingerprint density at radius 1 is 0.914 bits per heavy atom. The number of hydrogen-bond donors (Lipinski definition) is 1. The molecule has 0 unspecified atom stereocenters. The summed E-state index contributed by atoms with van der Waals surface area (Å²) in [5.41, 5.74) is 2.85. The molecule has 1 aliphatic heterocycles. The smallest absolute Gasteiger partial charge is 0.342 e. The average Bonchev–Trinajstić information content (AvgIpc) is 3.10. The summed E-state index contributed by atoms with van der Waals surface area (Å²) in [6.45, 7) is 3.44. The van der Waals surface area contributed by atoms with E-state index in [0.29, 0.717) is 29.0 Å². The van der Waals surface area contributed by atoms with Gasteiger partial charge in [-0.3, -0.25) is 19.3 Å². The van der Waals surface area contributed by atoms with Crippen molar-refractivity contribution in [1.29, 1.82) is 0 Å². The molecule has 4 rings (SSSR count). The SMILES string of the molecule is CCOc1ccc(CN2C(=O)c3ccccc3C2=O)cc1C(=O)OCC(=O)Nc1ccccc1C. The molecule has 0 fully saturated rings. The number of benzene rings is 3. The van der Waals surface area contributed by atoms with Gasteiger partial charge in [0.05, 0.1) is 24.3 Å². The minimum Gasteiger partial charge on any atom is -0.493 e. The number of rotatable bonds is 8. The molecule has 178 valence electrons. The first kappa shape index (κ1) is 23.7. The van der Waals surface area contributed by atoms with Gasteiger partial charge in [-0.2, -0.15) is 0 Å². The number of nitrogens with zero attached hydrogens (tertiary/aromatic N) is 1. The van der Waals surface area contributed by atoms with E-state index >= 15 is 0 Å². The lowest BCUT2D eigenvalue weighted by atomic mass is 10.1. The summed E-state index contributed by atoms with van der Waals surface area (Å²) in [5, 5.41) is 2.71. The first-order valence-corrected chi connectivity index (χ1v) is 11.1. The van der Waals surface area contributed by atoms with Gasteiger partial charge in [0.2, 0.25) is 0 Å². The topological polar surface area (TPSA) is 102 Å². The zero-order valence-electron chi connectivity index (χ0n) is 19.4. The van der Waals surface area contributed by atoms with Crippen LogP contribution in [0.3, 0.4) is 0 Å². The van der Waals surface area contributed by atoms with Crippen molar-refractivity contribution in [3.63, 3.8) is 0 Å². The van der Waals surface area contributed by atoms with Crippen LogP contribution < -0.4 is 10.1 Å². The number of fused-ring (bicyclic) bond motifs is 1. The second-order valence-electron chi connectivity index (χ2n) is 7.94. The van der Waals surface area contributed by atoms with Crippen molar-refractivity contribution in [2.24, 2.45) is 0 Å². The number of aryl methyl sites for hydroxylation is 1. The predicted molar refractivity (Wildman–Crippen MR) is 128 cm³/mol. The molecule has 1 N–H and O–H groups in total. The molecular formula is C27H24N2O6. The molecule has 0 aromatic heterocycles. The van der Waals surface area contributed by atoms with Crippen LogP contribution in [-0.2, 0) is 16.1 Å². The van der Waals surface area contributed by atoms with Gasteiger partial charge in [0.15, 0.2) is 6.61 Å². The van der Waals surface area contributed by atoms with Gasteiger partial charge < -0.3 is 14.8 Å². The summed E-state index contributed by atoms with van der Waals surface area (Å²) < 4.78 is 10.8. The second kappa shape index (κ2) is 10.2. The molecule has 0 atom stereocenters. The van der Waals surface area contributed by atoms with Crippen LogP contribution in [-0.4, -0.2) is 41.8 Å².